The SMILES string of the molecule is CC1(COc2cccc(C3CCCNC3)c2)COC1. The summed E-state index contributed by atoms with van der Waals surface area (Å²) in [6, 6.07) is 8.60. The molecular weight excluding hydrogens is 238 g/mol. The van der Waals surface area contributed by atoms with Gasteiger partial charge in [-0.2, -0.15) is 0 Å². The number of ether oxygens (including phenoxy) is 2. The second kappa shape index (κ2) is 5.51. The van der Waals surface area contributed by atoms with Crippen molar-refractivity contribution < 1.29 is 9.47 Å². The molecule has 3 heteroatoms. The van der Waals surface area contributed by atoms with E-state index in [2.05, 4.69) is 36.5 Å². The molecule has 0 spiro atoms. The number of nitrogens with one attached hydrogen (secondary N) is 1. The monoisotopic (exact) mass is 261 g/mol. The van der Waals surface area contributed by atoms with Gasteiger partial charge >= 0.3 is 0 Å². The zero-order chi connectivity index (χ0) is 13.1. The van der Waals surface area contributed by atoms with Crippen LogP contribution in [-0.2, 0) is 4.74 Å². The van der Waals surface area contributed by atoms with Gasteiger partial charge in [-0.25, -0.2) is 0 Å². The molecule has 1 atom stereocenters. The summed E-state index contributed by atoms with van der Waals surface area (Å²) in [5.41, 5.74) is 1.61. The Bertz CT molecular complexity index is 423. The molecule has 1 aromatic rings. The second-order valence-corrected chi connectivity index (χ2v) is 6.21. The van der Waals surface area contributed by atoms with Crippen LogP contribution in [0.15, 0.2) is 24.3 Å². The van der Waals surface area contributed by atoms with E-state index in [-0.39, 0.29) is 5.41 Å². The largest absolute Gasteiger partial charge is 0.493 e. The van der Waals surface area contributed by atoms with Gasteiger partial charge in [0.15, 0.2) is 0 Å². The Balaban J connectivity index is 1.62. The third-order valence-electron chi connectivity index (χ3n) is 4.11. The number of benzene rings is 1. The molecule has 2 saturated heterocycles. The van der Waals surface area contributed by atoms with E-state index in [1.54, 1.807) is 0 Å². The van der Waals surface area contributed by atoms with Crippen LogP contribution >= 0.6 is 0 Å². The van der Waals surface area contributed by atoms with E-state index >= 15 is 0 Å². The smallest absolute Gasteiger partial charge is 0.119 e. The Morgan fingerprint density at radius 1 is 1.42 bits per heavy atom. The average Bonchev–Trinajstić information content (AvgIpc) is 2.44. The zero-order valence-electron chi connectivity index (χ0n) is 11.7. The molecule has 0 aliphatic carbocycles. The van der Waals surface area contributed by atoms with E-state index in [0.717, 1.165) is 38.7 Å². The van der Waals surface area contributed by atoms with E-state index in [0.29, 0.717) is 5.92 Å². The number of piperidine rings is 1. The van der Waals surface area contributed by atoms with Gasteiger partial charge in [0.25, 0.3) is 0 Å². The molecule has 2 heterocycles. The predicted molar refractivity (Wildman–Crippen MR) is 75.7 cm³/mol. The fourth-order valence-electron chi connectivity index (χ4n) is 2.79. The molecule has 0 amide bonds. The normalized spacial score (nSPS) is 25.6. The van der Waals surface area contributed by atoms with Crippen LogP contribution in [0.2, 0.25) is 0 Å². The first-order chi connectivity index (χ1) is 9.25. The van der Waals surface area contributed by atoms with Crippen molar-refractivity contribution in [3.8, 4) is 5.75 Å². The lowest BCUT2D eigenvalue weighted by Gasteiger charge is -2.37. The average molecular weight is 261 g/mol. The fraction of sp³-hybridized carbons (Fsp3) is 0.625. The number of hydrogen-bond acceptors (Lipinski definition) is 3. The molecule has 1 N–H and O–H groups in total. The van der Waals surface area contributed by atoms with Crippen molar-refractivity contribution >= 4 is 0 Å². The summed E-state index contributed by atoms with van der Waals surface area (Å²) in [4.78, 5) is 0. The Morgan fingerprint density at radius 2 is 2.32 bits per heavy atom. The van der Waals surface area contributed by atoms with Crippen LogP contribution in [0.1, 0.15) is 31.2 Å². The summed E-state index contributed by atoms with van der Waals surface area (Å²) in [5.74, 6) is 1.64. The van der Waals surface area contributed by atoms with Gasteiger partial charge in [-0.05, 0) is 43.0 Å². The maximum atomic E-state index is 5.94. The van der Waals surface area contributed by atoms with Crippen LogP contribution in [0.5, 0.6) is 5.75 Å². The Kier molecular flexibility index (Phi) is 3.76. The summed E-state index contributed by atoms with van der Waals surface area (Å²) in [5, 5.41) is 3.47. The lowest BCUT2D eigenvalue weighted by molar-refractivity contribution is -0.120. The minimum Gasteiger partial charge on any atom is -0.493 e. The lowest BCUT2D eigenvalue weighted by atomic mass is 9.90. The quantitative estimate of drug-likeness (QED) is 0.903. The van der Waals surface area contributed by atoms with Crippen LogP contribution in [0.3, 0.4) is 0 Å². The summed E-state index contributed by atoms with van der Waals surface area (Å²) in [7, 11) is 0. The molecule has 2 fully saturated rings. The first kappa shape index (κ1) is 12.9. The van der Waals surface area contributed by atoms with Gasteiger partial charge in [0, 0.05) is 12.0 Å². The van der Waals surface area contributed by atoms with E-state index in [1.807, 2.05) is 0 Å². The van der Waals surface area contributed by atoms with Crippen LogP contribution in [0.4, 0.5) is 0 Å². The van der Waals surface area contributed by atoms with Crippen LogP contribution in [-0.4, -0.2) is 32.9 Å². The lowest BCUT2D eigenvalue weighted by Crippen LogP contribution is -2.44. The van der Waals surface area contributed by atoms with Crippen molar-refractivity contribution in [3.05, 3.63) is 29.8 Å². The standard InChI is InChI=1S/C16H23NO2/c1-16(10-18-11-16)12-19-15-6-2-4-13(8-15)14-5-3-7-17-9-14/h2,4,6,8,14,17H,3,5,7,9-12H2,1H3. The molecule has 2 aliphatic rings. The van der Waals surface area contributed by atoms with E-state index < -0.39 is 0 Å². The molecule has 0 radical (unpaired) electrons. The van der Waals surface area contributed by atoms with Crippen molar-refractivity contribution in [2.75, 3.05) is 32.9 Å². The van der Waals surface area contributed by atoms with Crippen molar-refractivity contribution in [2.24, 2.45) is 5.41 Å². The highest BCUT2D eigenvalue weighted by Crippen LogP contribution is 2.29. The third-order valence-corrected chi connectivity index (χ3v) is 4.11. The van der Waals surface area contributed by atoms with Crippen LogP contribution in [0, 0.1) is 5.41 Å². The van der Waals surface area contributed by atoms with Gasteiger partial charge in [-0.3, -0.25) is 0 Å². The second-order valence-electron chi connectivity index (χ2n) is 6.21. The Hall–Kier alpha value is -1.06. The van der Waals surface area contributed by atoms with Gasteiger partial charge in [0.05, 0.1) is 19.8 Å². The highest BCUT2D eigenvalue weighted by Gasteiger charge is 2.34. The molecule has 1 unspecified atom stereocenters. The van der Waals surface area contributed by atoms with Crippen molar-refractivity contribution in [3.63, 3.8) is 0 Å². The zero-order valence-corrected chi connectivity index (χ0v) is 11.7. The minimum absolute atomic E-state index is 0.211. The summed E-state index contributed by atoms with van der Waals surface area (Å²) < 4.78 is 11.2. The molecule has 1 aromatic carbocycles. The van der Waals surface area contributed by atoms with Gasteiger partial charge in [0.2, 0.25) is 0 Å². The molecule has 19 heavy (non-hydrogen) atoms. The van der Waals surface area contributed by atoms with E-state index in [1.165, 1.54) is 18.4 Å². The highest BCUT2D eigenvalue weighted by molar-refractivity contribution is 5.31. The van der Waals surface area contributed by atoms with Gasteiger partial charge in [-0.1, -0.05) is 19.1 Å². The van der Waals surface area contributed by atoms with Crippen LogP contribution in [0.25, 0.3) is 0 Å². The maximum Gasteiger partial charge on any atom is 0.119 e. The van der Waals surface area contributed by atoms with Crippen molar-refractivity contribution in [1.29, 1.82) is 0 Å². The summed E-state index contributed by atoms with van der Waals surface area (Å²) in [6.45, 7) is 6.85. The summed E-state index contributed by atoms with van der Waals surface area (Å²) >= 11 is 0. The molecule has 0 bridgehead atoms. The van der Waals surface area contributed by atoms with E-state index in [9.17, 15) is 0 Å². The minimum atomic E-state index is 0.211. The van der Waals surface area contributed by atoms with Gasteiger partial charge in [0.1, 0.15) is 5.75 Å². The third kappa shape index (κ3) is 3.10. The molecule has 0 aromatic heterocycles. The van der Waals surface area contributed by atoms with Crippen molar-refractivity contribution in [2.45, 2.75) is 25.7 Å². The molecule has 2 aliphatic heterocycles. The van der Waals surface area contributed by atoms with Gasteiger partial charge in [-0.15, -0.1) is 0 Å². The number of hydrogen-bond donors (Lipinski definition) is 1. The highest BCUT2D eigenvalue weighted by atomic mass is 16.5. The maximum absolute atomic E-state index is 5.94. The van der Waals surface area contributed by atoms with E-state index in [4.69, 9.17) is 9.47 Å². The summed E-state index contributed by atoms with van der Waals surface area (Å²) in [6.07, 6.45) is 2.55. The molecule has 3 nitrogen and oxygen atoms in total. The molecule has 0 saturated carbocycles. The molecule has 3 rings (SSSR count). The fourth-order valence-corrected chi connectivity index (χ4v) is 2.79. The molecule has 104 valence electrons. The first-order valence-corrected chi connectivity index (χ1v) is 7.26. The van der Waals surface area contributed by atoms with Crippen LogP contribution < -0.4 is 10.1 Å². The Labute approximate surface area is 115 Å². The predicted octanol–water partition coefficient (Wildman–Crippen LogP) is 2.57. The Morgan fingerprint density at radius 3 is 3.00 bits per heavy atom. The van der Waals surface area contributed by atoms with Crippen molar-refractivity contribution in [1.82, 2.24) is 5.32 Å². The topological polar surface area (TPSA) is 30.5 Å². The first-order valence-electron chi connectivity index (χ1n) is 7.26. The molecular formula is C16H23NO2. The number of rotatable bonds is 4. The van der Waals surface area contributed by atoms with Gasteiger partial charge < -0.3 is 14.8 Å².